The maximum atomic E-state index is 5.27. The van der Waals surface area contributed by atoms with Crippen LogP contribution in [0.5, 0.6) is 0 Å². The van der Waals surface area contributed by atoms with Crippen molar-refractivity contribution in [2.45, 2.75) is 12.8 Å². The van der Waals surface area contributed by atoms with E-state index in [1.807, 2.05) is 24.3 Å². The Morgan fingerprint density at radius 1 is 0.867 bits per heavy atom. The van der Waals surface area contributed by atoms with Crippen LogP contribution in [0.4, 0.5) is 0 Å². The van der Waals surface area contributed by atoms with Crippen molar-refractivity contribution in [2.24, 2.45) is 0 Å². The van der Waals surface area contributed by atoms with Crippen molar-refractivity contribution in [2.75, 3.05) is 12.3 Å². The molecular formula is C12H15O2P. The number of aryl methyl sites for hydroxylation is 2. The molecule has 0 N–H and O–H groups in total. The molecule has 2 aromatic heterocycles. The molecule has 0 unspecified atom stereocenters. The minimum Gasteiger partial charge on any atom is -0.469 e. The molecule has 0 aliphatic carbocycles. The van der Waals surface area contributed by atoms with Crippen LogP contribution in [0.2, 0.25) is 0 Å². The summed E-state index contributed by atoms with van der Waals surface area (Å²) in [6.45, 7) is 0. The van der Waals surface area contributed by atoms with Crippen LogP contribution < -0.4 is 0 Å². The molecule has 0 radical (unpaired) electrons. The molecule has 0 bridgehead atoms. The Labute approximate surface area is 91.5 Å². The molecule has 2 heterocycles. The predicted octanol–water partition coefficient (Wildman–Crippen LogP) is 3.34. The van der Waals surface area contributed by atoms with E-state index in [-0.39, 0.29) is 0 Å². The Balaban J connectivity index is 1.56. The van der Waals surface area contributed by atoms with E-state index in [2.05, 4.69) is 0 Å². The molecular weight excluding hydrogens is 207 g/mol. The monoisotopic (exact) mass is 222 g/mol. The Hall–Kier alpha value is -1.01. The van der Waals surface area contributed by atoms with Crippen molar-refractivity contribution in [3.05, 3.63) is 48.3 Å². The summed E-state index contributed by atoms with van der Waals surface area (Å²) in [5, 5.41) is 0. The lowest BCUT2D eigenvalue weighted by atomic mass is 10.4. The lowest BCUT2D eigenvalue weighted by Crippen LogP contribution is -1.88. The molecule has 0 aliphatic heterocycles. The number of hydrogen-bond donors (Lipinski definition) is 0. The van der Waals surface area contributed by atoms with Gasteiger partial charge in [0.2, 0.25) is 0 Å². The van der Waals surface area contributed by atoms with Crippen molar-refractivity contribution in [1.82, 2.24) is 0 Å². The zero-order chi connectivity index (χ0) is 10.3. The van der Waals surface area contributed by atoms with Gasteiger partial charge in [0.15, 0.2) is 0 Å². The van der Waals surface area contributed by atoms with Gasteiger partial charge < -0.3 is 8.83 Å². The average molecular weight is 222 g/mol. The van der Waals surface area contributed by atoms with E-state index in [9.17, 15) is 0 Å². The van der Waals surface area contributed by atoms with E-state index < -0.39 is 0 Å². The molecule has 80 valence electrons. The van der Waals surface area contributed by atoms with Gasteiger partial charge in [-0.25, -0.2) is 0 Å². The fourth-order valence-corrected chi connectivity index (χ4v) is 2.55. The minimum absolute atomic E-state index is 0.988. The van der Waals surface area contributed by atoms with Gasteiger partial charge in [0.1, 0.15) is 11.5 Å². The van der Waals surface area contributed by atoms with Crippen LogP contribution in [0, 0.1) is 0 Å². The third kappa shape index (κ3) is 3.56. The first-order valence-electron chi connectivity index (χ1n) is 5.20. The van der Waals surface area contributed by atoms with Gasteiger partial charge in [0.05, 0.1) is 12.5 Å². The standard InChI is InChI=1S/C12H15O2P/c1-3-11(13-7-1)5-9-15-10-6-12-4-2-8-14-12/h1-4,7-8,15H,5-6,9-10H2. The molecule has 15 heavy (non-hydrogen) atoms. The van der Waals surface area contributed by atoms with Crippen molar-refractivity contribution >= 4 is 8.58 Å². The summed E-state index contributed by atoms with van der Waals surface area (Å²) in [5.74, 6) is 2.20. The average Bonchev–Trinajstić information content (AvgIpc) is 2.88. The van der Waals surface area contributed by atoms with Crippen molar-refractivity contribution in [3.63, 3.8) is 0 Å². The largest absolute Gasteiger partial charge is 0.469 e. The lowest BCUT2D eigenvalue weighted by Gasteiger charge is -1.98. The van der Waals surface area contributed by atoms with Gasteiger partial charge in [-0.05, 0) is 36.6 Å². The van der Waals surface area contributed by atoms with Gasteiger partial charge in [-0.2, -0.15) is 0 Å². The topological polar surface area (TPSA) is 26.3 Å². The highest BCUT2D eigenvalue weighted by molar-refractivity contribution is 7.37. The molecule has 2 nitrogen and oxygen atoms in total. The molecule has 0 saturated heterocycles. The normalized spacial score (nSPS) is 10.7. The quantitative estimate of drug-likeness (QED) is 0.553. The van der Waals surface area contributed by atoms with Crippen LogP contribution in [0.3, 0.4) is 0 Å². The number of rotatable bonds is 6. The van der Waals surface area contributed by atoms with Gasteiger partial charge >= 0.3 is 0 Å². The fraction of sp³-hybridized carbons (Fsp3) is 0.333. The Morgan fingerprint density at radius 2 is 1.40 bits per heavy atom. The molecule has 0 aliphatic rings. The second-order valence-corrected chi connectivity index (χ2v) is 4.91. The summed E-state index contributed by atoms with van der Waals surface area (Å²) < 4.78 is 10.5. The van der Waals surface area contributed by atoms with Crippen LogP contribution >= 0.6 is 8.58 Å². The van der Waals surface area contributed by atoms with Crippen molar-refractivity contribution < 1.29 is 8.83 Å². The highest BCUT2D eigenvalue weighted by Gasteiger charge is 1.97. The smallest absolute Gasteiger partial charge is 0.104 e. The number of furan rings is 2. The van der Waals surface area contributed by atoms with Gasteiger partial charge in [-0.15, -0.1) is 8.58 Å². The fourth-order valence-electron chi connectivity index (χ4n) is 1.46. The highest BCUT2D eigenvalue weighted by Crippen LogP contribution is 2.15. The van der Waals surface area contributed by atoms with Crippen LogP contribution in [-0.4, -0.2) is 12.3 Å². The maximum absolute atomic E-state index is 5.27. The summed E-state index contributed by atoms with van der Waals surface area (Å²) in [7, 11) is 0.988. The molecule has 0 aromatic carbocycles. The molecule has 3 heteroatoms. The Morgan fingerprint density at radius 3 is 1.80 bits per heavy atom. The second kappa shape index (κ2) is 5.77. The van der Waals surface area contributed by atoms with E-state index in [1.54, 1.807) is 12.5 Å². The maximum Gasteiger partial charge on any atom is 0.104 e. The third-order valence-electron chi connectivity index (χ3n) is 2.26. The lowest BCUT2D eigenvalue weighted by molar-refractivity contribution is 0.515. The zero-order valence-electron chi connectivity index (χ0n) is 8.61. The molecule has 2 rings (SSSR count). The van der Waals surface area contributed by atoms with Crippen LogP contribution in [0.1, 0.15) is 11.5 Å². The summed E-state index contributed by atoms with van der Waals surface area (Å²) in [6, 6.07) is 7.97. The third-order valence-corrected chi connectivity index (χ3v) is 3.46. The van der Waals surface area contributed by atoms with E-state index in [0.29, 0.717) is 0 Å². The Kier molecular flexibility index (Phi) is 4.04. The summed E-state index contributed by atoms with van der Waals surface area (Å²) in [6.07, 6.45) is 8.03. The van der Waals surface area contributed by atoms with Gasteiger partial charge in [-0.3, -0.25) is 0 Å². The number of hydrogen-bond acceptors (Lipinski definition) is 2. The minimum atomic E-state index is 0.988. The van der Waals surface area contributed by atoms with Crippen LogP contribution in [0.25, 0.3) is 0 Å². The van der Waals surface area contributed by atoms with Gasteiger partial charge in [0, 0.05) is 12.8 Å². The molecule has 0 spiro atoms. The molecule has 2 aromatic rings. The van der Waals surface area contributed by atoms with E-state index in [4.69, 9.17) is 8.83 Å². The summed E-state index contributed by atoms with van der Waals surface area (Å²) >= 11 is 0. The van der Waals surface area contributed by atoms with Crippen LogP contribution in [-0.2, 0) is 12.8 Å². The first-order valence-corrected chi connectivity index (χ1v) is 6.62. The van der Waals surface area contributed by atoms with E-state index >= 15 is 0 Å². The molecule has 0 fully saturated rings. The highest BCUT2D eigenvalue weighted by atomic mass is 31.1. The van der Waals surface area contributed by atoms with E-state index in [0.717, 1.165) is 32.9 Å². The van der Waals surface area contributed by atoms with Crippen LogP contribution in [0.15, 0.2) is 45.6 Å². The Bertz CT molecular complexity index is 315. The second-order valence-electron chi connectivity index (χ2n) is 3.41. The summed E-state index contributed by atoms with van der Waals surface area (Å²) in [4.78, 5) is 0. The van der Waals surface area contributed by atoms with E-state index in [1.165, 1.54) is 12.3 Å². The van der Waals surface area contributed by atoms with Crippen molar-refractivity contribution in [3.8, 4) is 0 Å². The first kappa shape index (κ1) is 10.5. The molecule has 0 amide bonds. The van der Waals surface area contributed by atoms with Gasteiger partial charge in [-0.1, -0.05) is 0 Å². The first-order chi connectivity index (χ1) is 7.45. The summed E-state index contributed by atoms with van der Waals surface area (Å²) in [5.41, 5.74) is 0. The van der Waals surface area contributed by atoms with Gasteiger partial charge in [0.25, 0.3) is 0 Å². The molecule has 0 atom stereocenters. The molecule has 0 saturated carbocycles. The zero-order valence-corrected chi connectivity index (χ0v) is 9.61. The van der Waals surface area contributed by atoms with Crippen molar-refractivity contribution in [1.29, 1.82) is 0 Å². The SMILES string of the molecule is c1coc(CCPCCc2ccco2)c1. The predicted molar refractivity (Wildman–Crippen MR) is 62.9 cm³/mol.